The van der Waals surface area contributed by atoms with E-state index >= 15 is 0 Å². The molecule has 0 atom stereocenters. The molecule has 22 heteroatoms. The number of alkyl halides is 8. The normalized spacial score (nSPS) is 13.6. The number of benzene rings is 1. The molecule has 0 saturated carbocycles. The topological polar surface area (TPSA) is 170 Å². The lowest BCUT2D eigenvalue weighted by Crippen LogP contribution is -2.53. The predicted molar refractivity (Wildman–Crippen MR) is 114 cm³/mol. The highest BCUT2D eigenvalue weighted by molar-refractivity contribution is 8.13. The van der Waals surface area contributed by atoms with Gasteiger partial charge in [-0.1, -0.05) is 6.58 Å². The Bertz CT molecular complexity index is 1430. The fourth-order valence-electron chi connectivity index (χ4n) is 2.27. The predicted octanol–water partition coefficient (Wildman–Crippen LogP) is 2.09. The standard InChI is InChI=1S/C17H16F8N2O9S3/c1-9(2)14(29)36-4-3-5-37(30,31)27-39(34,35)17(24,25)38(32,33)26-13(28)10-6-11(15(18,19)20)8-12(7-10)16(21,22)23/h6-8,27H,1,3-5H2,2H3,(H,26,28). The Morgan fingerprint density at radius 2 is 1.31 bits per heavy atom. The van der Waals surface area contributed by atoms with Crippen LogP contribution in [0.25, 0.3) is 0 Å². The maximum absolute atomic E-state index is 14.3. The smallest absolute Gasteiger partial charge is 0.462 e. The number of carbonyl (C=O) groups is 2. The molecule has 2 N–H and O–H groups in total. The van der Waals surface area contributed by atoms with Gasteiger partial charge in [-0.25, -0.2) is 26.4 Å². The highest BCUT2D eigenvalue weighted by atomic mass is 32.3. The van der Waals surface area contributed by atoms with Crippen molar-refractivity contribution >= 4 is 41.9 Å². The summed E-state index contributed by atoms with van der Waals surface area (Å²) in [5.74, 6) is -4.84. The van der Waals surface area contributed by atoms with Crippen molar-refractivity contribution in [1.82, 2.24) is 8.85 Å². The van der Waals surface area contributed by atoms with Crippen molar-refractivity contribution in [2.75, 3.05) is 12.4 Å². The Morgan fingerprint density at radius 1 is 0.846 bits per heavy atom. The fraction of sp³-hybridized carbons (Fsp3) is 0.412. The second kappa shape index (κ2) is 11.3. The molecule has 1 aromatic carbocycles. The van der Waals surface area contributed by atoms with E-state index in [-0.39, 0.29) is 17.7 Å². The van der Waals surface area contributed by atoms with Gasteiger partial charge in [0.15, 0.2) is 0 Å². The lowest BCUT2D eigenvalue weighted by atomic mass is 10.0. The summed E-state index contributed by atoms with van der Waals surface area (Å²) in [6.07, 6.45) is -11.7. The van der Waals surface area contributed by atoms with Gasteiger partial charge in [-0.3, -0.25) is 4.79 Å². The van der Waals surface area contributed by atoms with Gasteiger partial charge in [0.1, 0.15) is 0 Å². The minimum absolute atomic E-state index is 0.106. The summed E-state index contributed by atoms with van der Waals surface area (Å²) >= 11 is 0. The van der Waals surface area contributed by atoms with Crippen LogP contribution in [0.3, 0.4) is 0 Å². The summed E-state index contributed by atoms with van der Waals surface area (Å²) in [7, 11) is -18.9. The molecule has 0 fully saturated rings. The Morgan fingerprint density at radius 3 is 1.72 bits per heavy atom. The molecule has 0 aliphatic heterocycles. The Balaban J connectivity index is 3.21. The zero-order chi connectivity index (χ0) is 30.8. The molecule has 0 bridgehead atoms. The van der Waals surface area contributed by atoms with Gasteiger partial charge in [0.2, 0.25) is 10.0 Å². The van der Waals surface area contributed by atoms with E-state index in [1.54, 1.807) is 0 Å². The van der Waals surface area contributed by atoms with E-state index < -0.39 is 100 Å². The van der Waals surface area contributed by atoms with Crippen LogP contribution >= 0.6 is 0 Å². The SMILES string of the molecule is C=C(C)C(=O)OCCCS(=O)(=O)NS(=O)(=O)C(F)(F)S(=O)(=O)NC(=O)c1cc(C(F)(F)F)cc(C(F)(F)F)c1. The van der Waals surface area contributed by atoms with Gasteiger partial charge in [0.05, 0.1) is 23.5 Å². The molecule has 1 rings (SSSR count). The quantitative estimate of drug-likeness (QED) is 0.159. The number of halogens is 8. The number of carbonyl (C=O) groups excluding carboxylic acids is 2. The van der Waals surface area contributed by atoms with Gasteiger partial charge in [-0.15, -0.1) is 4.13 Å². The third-order valence-electron chi connectivity index (χ3n) is 4.08. The van der Waals surface area contributed by atoms with Crippen LogP contribution in [0.5, 0.6) is 0 Å². The zero-order valence-corrected chi connectivity index (χ0v) is 21.4. The summed E-state index contributed by atoms with van der Waals surface area (Å²) in [6.45, 7) is 3.74. The molecule has 0 radical (unpaired) electrons. The van der Waals surface area contributed by atoms with Gasteiger partial charge in [0, 0.05) is 11.1 Å². The van der Waals surface area contributed by atoms with Crippen molar-refractivity contribution in [3.8, 4) is 0 Å². The molecule has 222 valence electrons. The molecule has 0 unspecified atom stereocenters. The van der Waals surface area contributed by atoms with E-state index in [2.05, 4.69) is 11.3 Å². The van der Waals surface area contributed by atoms with Crippen LogP contribution in [0.4, 0.5) is 35.1 Å². The van der Waals surface area contributed by atoms with Gasteiger partial charge in [0.25, 0.3) is 5.91 Å². The van der Waals surface area contributed by atoms with Gasteiger partial charge in [-0.05, 0) is 31.5 Å². The van der Waals surface area contributed by atoms with Crippen molar-refractivity contribution in [1.29, 1.82) is 0 Å². The van der Waals surface area contributed by atoms with Crippen molar-refractivity contribution in [2.45, 2.75) is 30.3 Å². The minimum Gasteiger partial charge on any atom is -0.462 e. The number of rotatable bonds is 11. The van der Waals surface area contributed by atoms with Crippen molar-refractivity contribution in [3.05, 3.63) is 47.0 Å². The van der Waals surface area contributed by atoms with E-state index in [0.717, 1.165) is 0 Å². The van der Waals surface area contributed by atoms with Crippen LogP contribution < -0.4 is 8.85 Å². The van der Waals surface area contributed by atoms with E-state index in [0.29, 0.717) is 8.85 Å². The molecule has 0 heterocycles. The molecule has 11 nitrogen and oxygen atoms in total. The number of amides is 1. The van der Waals surface area contributed by atoms with Crippen LogP contribution in [0, 0.1) is 0 Å². The molecule has 0 aromatic heterocycles. The van der Waals surface area contributed by atoms with E-state index in [1.165, 1.54) is 6.92 Å². The zero-order valence-electron chi connectivity index (χ0n) is 19.0. The summed E-state index contributed by atoms with van der Waals surface area (Å²) in [5.41, 5.74) is -6.15. The fourth-order valence-corrected chi connectivity index (χ4v) is 6.89. The van der Waals surface area contributed by atoms with Crippen LogP contribution in [0.15, 0.2) is 30.4 Å². The average molecular weight is 641 g/mol. The first-order valence-electron chi connectivity index (χ1n) is 9.56. The molecule has 0 spiro atoms. The van der Waals surface area contributed by atoms with Gasteiger partial charge < -0.3 is 4.74 Å². The molecular weight excluding hydrogens is 624 g/mol. The van der Waals surface area contributed by atoms with Crippen molar-refractivity contribution in [3.63, 3.8) is 0 Å². The van der Waals surface area contributed by atoms with Crippen LogP contribution in [-0.2, 0) is 52.0 Å². The maximum Gasteiger partial charge on any atom is 0.479 e. The third kappa shape index (κ3) is 8.83. The number of nitrogens with one attached hydrogen (secondary N) is 2. The summed E-state index contributed by atoms with van der Waals surface area (Å²) in [4.78, 5) is 23.2. The molecule has 0 aliphatic carbocycles. The Labute approximate surface area is 215 Å². The minimum atomic E-state index is -6.87. The Kier molecular flexibility index (Phi) is 9.93. The van der Waals surface area contributed by atoms with E-state index in [4.69, 9.17) is 0 Å². The highest BCUT2D eigenvalue weighted by Crippen LogP contribution is 2.36. The van der Waals surface area contributed by atoms with Crippen LogP contribution in [-0.4, -0.2) is 54.1 Å². The van der Waals surface area contributed by atoms with E-state index in [9.17, 15) is 70.0 Å². The van der Waals surface area contributed by atoms with Crippen LogP contribution in [0.1, 0.15) is 34.8 Å². The van der Waals surface area contributed by atoms with Crippen molar-refractivity contribution in [2.24, 2.45) is 0 Å². The molecular formula is C17H16F8N2O9S3. The first-order valence-corrected chi connectivity index (χ1v) is 14.2. The van der Waals surface area contributed by atoms with Gasteiger partial charge >= 0.3 is 43.0 Å². The molecule has 1 amide bonds. The third-order valence-corrected chi connectivity index (χ3v) is 9.82. The number of hydrogen-bond donors (Lipinski definition) is 2. The molecule has 0 aliphatic rings. The summed E-state index contributed by atoms with van der Waals surface area (Å²) in [5, 5.41) is 0. The number of sulfonamides is 3. The first-order chi connectivity index (χ1) is 17.2. The van der Waals surface area contributed by atoms with Crippen LogP contribution in [0.2, 0.25) is 0 Å². The number of esters is 1. The number of ether oxygens (including phenoxy) is 1. The Hall–Kier alpha value is -2.85. The average Bonchev–Trinajstić information content (AvgIpc) is 2.73. The second-order valence-electron chi connectivity index (χ2n) is 7.37. The molecule has 1 aromatic rings. The lowest BCUT2D eigenvalue weighted by molar-refractivity contribution is -0.143. The van der Waals surface area contributed by atoms with Crippen molar-refractivity contribution < 1.29 is 74.7 Å². The summed E-state index contributed by atoms with van der Waals surface area (Å²) < 4.78 is 176. The second-order valence-corrected chi connectivity index (χ2v) is 13.2. The first kappa shape index (κ1) is 34.2. The summed E-state index contributed by atoms with van der Waals surface area (Å²) in [6, 6.07) is -1.15. The van der Waals surface area contributed by atoms with Gasteiger partial charge in [-0.2, -0.15) is 43.5 Å². The maximum atomic E-state index is 14.3. The lowest BCUT2D eigenvalue weighted by Gasteiger charge is -2.19. The highest BCUT2D eigenvalue weighted by Gasteiger charge is 2.60. The monoisotopic (exact) mass is 640 g/mol. The largest absolute Gasteiger partial charge is 0.479 e. The molecule has 39 heavy (non-hydrogen) atoms. The van der Waals surface area contributed by atoms with E-state index in [1.807, 2.05) is 0 Å². The molecule has 0 saturated heterocycles. The number of hydrogen-bond acceptors (Lipinski definition) is 9.